The number of rotatable bonds is 6. The first kappa shape index (κ1) is 23.0. The van der Waals surface area contributed by atoms with Crippen molar-refractivity contribution in [2.45, 2.75) is 97.7 Å². The van der Waals surface area contributed by atoms with Crippen LogP contribution in [0.1, 0.15) is 85.5 Å². The molecular weight excluding hydrogens is 386 g/mol. The van der Waals surface area contributed by atoms with Gasteiger partial charge in [-0.25, -0.2) is 0 Å². The molecule has 0 aromatic carbocycles. The van der Waals surface area contributed by atoms with Gasteiger partial charge in [-0.15, -0.1) is 0 Å². The third kappa shape index (κ3) is 4.15. The molecule has 0 bridgehead atoms. The number of aliphatic hydroxyl groups is 2. The summed E-state index contributed by atoms with van der Waals surface area (Å²) < 4.78 is 0. The third-order valence-electron chi connectivity index (χ3n) is 9.70. The molecule has 0 saturated heterocycles. The van der Waals surface area contributed by atoms with Crippen molar-refractivity contribution < 1.29 is 15.1 Å². The number of nitrogens with zero attached hydrogens (tertiary/aromatic N) is 1. The zero-order valence-corrected chi connectivity index (χ0v) is 20.0. The van der Waals surface area contributed by atoms with Gasteiger partial charge in [-0.05, 0) is 100 Å². The van der Waals surface area contributed by atoms with Gasteiger partial charge in [0.15, 0.2) is 0 Å². The quantitative estimate of drug-likeness (QED) is 0.326. The summed E-state index contributed by atoms with van der Waals surface area (Å²) in [6.45, 7) is 9.36. The van der Waals surface area contributed by atoms with E-state index < -0.39 is 6.10 Å². The summed E-state index contributed by atoms with van der Waals surface area (Å²) in [4.78, 5) is 5.57. The first-order valence-electron chi connectivity index (χ1n) is 12.6. The molecule has 0 amide bonds. The molecule has 4 heteroatoms. The maximum absolute atomic E-state index is 10.2. The third-order valence-corrected chi connectivity index (χ3v) is 9.70. The second-order valence-corrected chi connectivity index (χ2v) is 11.3. The standard InChI is InChI=1S/C27H43NO3/c1-5-6-7-21(30)17-31-28-18(2)23-10-11-24-22-9-8-19-16-20(29)12-14-26(19,3)25(22)13-15-27(23,24)4/h5-6,8,20-25,29-30H,7,9-17H2,1-4H3/b6-5-,28-18-. The molecule has 4 aliphatic carbocycles. The number of hydrogen-bond donors (Lipinski definition) is 2. The maximum Gasteiger partial charge on any atom is 0.143 e. The largest absolute Gasteiger partial charge is 0.393 e. The lowest BCUT2D eigenvalue weighted by Crippen LogP contribution is -2.50. The summed E-state index contributed by atoms with van der Waals surface area (Å²) in [5.41, 5.74) is 3.27. The number of allylic oxidation sites excluding steroid dienone is 2. The van der Waals surface area contributed by atoms with Crippen LogP contribution in [0.5, 0.6) is 0 Å². The Morgan fingerprint density at radius 1 is 1.23 bits per heavy atom. The van der Waals surface area contributed by atoms with Gasteiger partial charge >= 0.3 is 0 Å². The maximum atomic E-state index is 10.2. The van der Waals surface area contributed by atoms with Gasteiger partial charge < -0.3 is 15.1 Å². The number of hydrogen-bond acceptors (Lipinski definition) is 4. The molecule has 0 radical (unpaired) electrons. The van der Waals surface area contributed by atoms with Gasteiger partial charge in [0.05, 0.1) is 17.9 Å². The van der Waals surface area contributed by atoms with E-state index in [1.807, 2.05) is 19.1 Å². The second kappa shape index (κ2) is 9.02. The van der Waals surface area contributed by atoms with E-state index in [2.05, 4.69) is 32.0 Å². The fourth-order valence-electron chi connectivity index (χ4n) is 7.98. The highest BCUT2D eigenvalue weighted by Gasteiger charge is 2.59. The molecule has 0 heterocycles. The smallest absolute Gasteiger partial charge is 0.143 e. The Bertz CT molecular complexity index is 743. The van der Waals surface area contributed by atoms with Gasteiger partial charge in [0.1, 0.15) is 6.61 Å². The van der Waals surface area contributed by atoms with E-state index in [4.69, 9.17) is 4.84 Å². The van der Waals surface area contributed by atoms with Crippen molar-refractivity contribution in [2.75, 3.05) is 6.61 Å². The van der Waals surface area contributed by atoms with Crippen LogP contribution in [0.2, 0.25) is 0 Å². The van der Waals surface area contributed by atoms with Crippen LogP contribution in [-0.2, 0) is 4.84 Å². The lowest BCUT2D eigenvalue weighted by Gasteiger charge is -2.58. The van der Waals surface area contributed by atoms with Gasteiger partial charge in [0.2, 0.25) is 0 Å². The highest BCUT2D eigenvalue weighted by atomic mass is 16.6. The van der Waals surface area contributed by atoms with Gasteiger partial charge in [-0.3, -0.25) is 0 Å². The fourth-order valence-corrected chi connectivity index (χ4v) is 7.98. The Morgan fingerprint density at radius 3 is 2.81 bits per heavy atom. The zero-order chi connectivity index (χ0) is 22.2. The molecule has 0 spiro atoms. The lowest BCUT2D eigenvalue weighted by atomic mass is 9.47. The summed E-state index contributed by atoms with van der Waals surface area (Å²) >= 11 is 0. The SMILES string of the molecule is C/C=C\CC(O)CO/N=C(/C)C1CCC2C3CC=C4CC(O)CCC4(C)C3CCC12C. The molecule has 4 nitrogen and oxygen atoms in total. The number of aliphatic hydroxyl groups excluding tert-OH is 2. The Balaban J connectivity index is 1.45. The monoisotopic (exact) mass is 429 g/mol. The van der Waals surface area contributed by atoms with E-state index in [0.717, 1.165) is 42.7 Å². The van der Waals surface area contributed by atoms with Crippen molar-refractivity contribution >= 4 is 5.71 Å². The first-order chi connectivity index (χ1) is 14.8. The molecule has 8 atom stereocenters. The summed E-state index contributed by atoms with van der Waals surface area (Å²) in [5.74, 6) is 2.77. The zero-order valence-electron chi connectivity index (χ0n) is 20.0. The Morgan fingerprint density at radius 2 is 2.03 bits per heavy atom. The molecule has 3 fully saturated rings. The van der Waals surface area contributed by atoms with Crippen LogP contribution in [0.3, 0.4) is 0 Å². The van der Waals surface area contributed by atoms with Crippen LogP contribution >= 0.6 is 0 Å². The molecule has 3 saturated carbocycles. The van der Waals surface area contributed by atoms with Crippen molar-refractivity contribution in [3.63, 3.8) is 0 Å². The highest BCUT2D eigenvalue weighted by Crippen LogP contribution is 2.66. The van der Waals surface area contributed by atoms with E-state index in [0.29, 0.717) is 23.2 Å². The normalized spacial score (nSPS) is 43.7. The Hall–Kier alpha value is -1.13. The number of fused-ring (bicyclic) bond motifs is 5. The molecular formula is C27H43NO3. The molecule has 4 rings (SSSR count). The fraction of sp³-hybridized carbons (Fsp3) is 0.815. The van der Waals surface area contributed by atoms with E-state index >= 15 is 0 Å². The average Bonchev–Trinajstić information content (AvgIpc) is 3.10. The van der Waals surface area contributed by atoms with Crippen molar-refractivity contribution in [3.8, 4) is 0 Å². The summed E-state index contributed by atoms with van der Waals surface area (Å²) in [6, 6.07) is 0. The van der Waals surface area contributed by atoms with Crippen molar-refractivity contribution in [2.24, 2.45) is 39.7 Å². The molecule has 8 unspecified atom stereocenters. The topological polar surface area (TPSA) is 62.0 Å². The molecule has 31 heavy (non-hydrogen) atoms. The van der Waals surface area contributed by atoms with Gasteiger partial charge in [-0.1, -0.05) is 42.8 Å². The molecule has 0 aromatic rings. The van der Waals surface area contributed by atoms with Crippen LogP contribution < -0.4 is 0 Å². The Kier molecular flexibility index (Phi) is 6.70. The molecule has 0 aromatic heterocycles. The average molecular weight is 430 g/mol. The van der Waals surface area contributed by atoms with Crippen LogP contribution in [0, 0.1) is 34.5 Å². The summed E-state index contributed by atoms with van der Waals surface area (Å²) in [5, 5.41) is 24.7. The predicted molar refractivity (Wildman–Crippen MR) is 126 cm³/mol. The highest BCUT2D eigenvalue weighted by molar-refractivity contribution is 5.85. The van der Waals surface area contributed by atoms with Crippen molar-refractivity contribution in [1.82, 2.24) is 0 Å². The van der Waals surface area contributed by atoms with E-state index in [9.17, 15) is 10.2 Å². The minimum Gasteiger partial charge on any atom is -0.393 e. The molecule has 2 N–H and O–H groups in total. The Labute approximate surface area is 188 Å². The van der Waals surface area contributed by atoms with Crippen molar-refractivity contribution in [3.05, 3.63) is 23.8 Å². The predicted octanol–water partition coefficient (Wildman–Crippen LogP) is 5.65. The molecule has 174 valence electrons. The van der Waals surface area contributed by atoms with Crippen LogP contribution in [0.25, 0.3) is 0 Å². The number of oxime groups is 1. The second-order valence-electron chi connectivity index (χ2n) is 11.3. The van der Waals surface area contributed by atoms with Crippen LogP contribution in [0.15, 0.2) is 29.0 Å². The van der Waals surface area contributed by atoms with E-state index in [-0.39, 0.29) is 12.7 Å². The minimum absolute atomic E-state index is 0.129. The van der Waals surface area contributed by atoms with E-state index in [1.54, 1.807) is 5.57 Å². The van der Waals surface area contributed by atoms with Gasteiger partial charge in [-0.2, -0.15) is 0 Å². The lowest BCUT2D eigenvalue weighted by molar-refractivity contribution is -0.0428. The molecule has 0 aliphatic heterocycles. The first-order valence-corrected chi connectivity index (χ1v) is 12.6. The van der Waals surface area contributed by atoms with Crippen LogP contribution in [-0.4, -0.2) is 34.7 Å². The van der Waals surface area contributed by atoms with Gasteiger partial charge in [0.25, 0.3) is 0 Å². The minimum atomic E-state index is -0.493. The summed E-state index contributed by atoms with van der Waals surface area (Å²) in [6.07, 6.45) is 15.7. The van der Waals surface area contributed by atoms with Crippen molar-refractivity contribution in [1.29, 1.82) is 0 Å². The van der Waals surface area contributed by atoms with Crippen LogP contribution in [0.4, 0.5) is 0 Å². The summed E-state index contributed by atoms with van der Waals surface area (Å²) in [7, 11) is 0. The molecule has 4 aliphatic rings. The van der Waals surface area contributed by atoms with Gasteiger partial charge in [0, 0.05) is 5.92 Å². The van der Waals surface area contributed by atoms with E-state index in [1.165, 1.54) is 32.1 Å².